The number of benzene rings is 8. The smallest absolute Gasteiger partial charge is 0.333 e. The maximum absolute atomic E-state index is 2.79. The van der Waals surface area contributed by atoms with E-state index < -0.39 is 0 Å². The average molecular weight is 909 g/mol. The summed E-state index contributed by atoms with van der Waals surface area (Å²) in [6, 6.07) is 63.5. The third-order valence-corrected chi connectivity index (χ3v) is 18.1. The van der Waals surface area contributed by atoms with Gasteiger partial charge in [-0.05, 0) is 179 Å². The van der Waals surface area contributed by atoms with Gasteiger partial charge in [-0.1, -0.05) is 184 Å². The highest BCUT2D eigenvalue weighted by atomic mass is 15.2. The van der Waals surface area contributed by atoms with Crippen molar-refractivity contribution in [2.45, 2.75) is 122 Å². The van der Waals surface area contributed by atoms with Gasteiger partial charge in [-0.2, -0.15) is 0 Å². The van der Waals surface area contributed by atoms with Gasteiger partial charge in [0, 0.05) is 39.4 Å². The van der Waals surface area contributed by atoms with Gasteiger partial charge in [0.05, 0.1) is 0 Å². The number of fused-ring (bicyclic) bond motifs is 10. The first-order chi connectivity index (χ1) is 33.4. The molecule has 0 saturated heterocycles. The Labute approximate surface area is 417 Å². The van der Waals surface area contributed by atoms with Crippen LogP contribution in [0, 0.1) is 0 Å². The molecule has 0 spiro atoms. The van der Waals surface area contributed by atoms with Crippen molar-refractivity contribution < 1.29 is 0 Å². The molecule has 0 fully saturated rings. The molecule has 5 aliphatic rings. The Bertz CT molecular complexity index is 3460. The number of hydrogen-bond acceptors (Lipinski definition) is 2. The van der Waals surface area contributed by atoms with Crippen molar-refractivity contribution in [3.05, 3.63) is 197 Å². The van der Waals surface area contributed by atoms with Gasteiger partial charge >= 0.3 is 6.85 Å². The van der Waals surface area contributed by atoms with Crippen molar-refractivity contribution >= 4 is 46.2 Å². The highest BCUT2D eigenvalue weighted by Gasteiger charge is 2.52. The Morgan fingerprint density at radius 3 is 1.56 bits per heavy atom. The zero-order valence-electron chi connectivity index (χ0n) is 42.9. The fourth-order valence-corrected chi connectivity index (χ4v) is 13.9. The van der Waals surface area contributed by atoms with E-state index in [-0.39, 0.29) is 33.9 Å². The number of hydrogen-bond donors (Lipinski definition) is 0. The van der Waals surface area contributed by atoms with Crippen LogP contribution in [0.3, 0.4) is 0 Å². The summed E-state index contributed by atoms with van der Waals surface area (Å²) in [7, 11) is 0. The molecule has 0 unspecified atom stereocenters. The Hall–Kier alpha value is -6.58. The molecule has 0 atom stereocenters. The summed E-state index contributed by atoms with van der Waals surface area (Å²) < 4.78 is 0. The van der Waals surface area contributed by atoms with E-state index >= 15 is 0 Å². The zero-order chi connectivity index (χ0) is 48.3. The van der Waals surface area contributed by atoms with Crippen LogP contribution in [0.4, 0.5) is 28.4 Å². The summed E-state index contributed by atoms with van der Waals surface area (Å²) in [4.78, 5) is 5.46. The molecule has 13 rings (SSSR count). The van der Waals surface area contributed by atoms with Crippen LogP contribution in [0.25, 0.3) is 44.5 Å². The summed E-state index contributed by atoms with van der Waals surface area (Å²) in [6.45, 7) is 24.7. The molecule has 0 radical (unpaired) electrons. The zero-order valence-corrected chi connectivity index (χ0v) is 42.9. The Morgan fingerprint density at radius 1 is 0.371 bits per heavy atom. The van der Waals surface area contributed by atoms with Gasteiger partial charge in [0.25, 0.3) is 0 Å². The third kappa shape index (κ3) is 6.18. The lowest BCUT2D eigenvalue weighted by atomic mass is 9.42. The first kappa shape index (κ1) is 43.4. The summed E-state index contributed by atoms with van der Waals surface area (Å²) in [5.74, 6) is 0. The molecule has 2 nitrogen and oxygen atoms in total. The van der Waals surface area contributed by atoms with Crippen LogP contribution in [-0.4, -0.2) is 6.85 Å². The molecule has 346 valence electrons. The van der Waals surface area contributed by atoms with Crippen molar-refractivity contribution in [2.75, 3.05) is 9.71 Å². The minimum atomic E-state index is -0.241. The summed E-state index contributed by atoms with van der Waals surface area (Å²) in [5, 5.41) is 0. The van der Waals surface area contributed by atoms with Gasteiger partial charge in [-0.3, -0.25) is 0 Å². The Kier molecular flexibility index (Phi) is 9.15. The van der Waals surface area contributed by atoms with Gasteiger partial charge in [0.2, 0.25) is 0 Å². The topological polar surface area (TPSA) is 6.48 Å². The van der Waals surface area contributed by atoms with Crippen LogP contribution in [0.1, 0.15) is 128 Å². The van der Waals surface area contributed by atoms with E-state index in [0.717, 1.165) is 12.8 Å². The molecule has 8 aromatic carbocycles. The summed E-state index contributed by atoms with van der Waals surface area (Å²) in [6.07, 6.45) is 4.68. The lowest BCUT2D eigenvalue weighted by Crippen LogP contribution is -2.62. The Morgan fingerprint density at radius 2 is 0.900 bits per heavy atom. The lowest BCUT2D eigenvalue weighted by molar-refractivity contribution is 0.332. The molecule has 3 heteroatoms. The molecule has 0 saturated carbocycles. The molecule has 0 aromatic heterocycles. The molecule has 3 aliphatic carbocycles. The molecule has 0 amide bonds. The van der Waals surface area contributed by atoms with Crippen molar-refractivity contribution in [1.29, 1.82) is 0 Å². The van der Waals surface area contributed by atoms with Crippen LogP contribution in [-0.2, 0) is 27.1 Å². The first-order valence-corrected chi connectivity index (χ1v) is 26.0. The highest BCUT2D eigenvalue weighted by molar-refractivity contribution is 6.93. The van der Waals surface area contributed by atoms with Gasteiger partial charge in [0.1, 0.15) is 0 Å². The predicted octanol–water partition coefficient (Wildman–Crippen LogP) is 16.7. The van der Waals surface area contributed by atoms with Crippen molar-refractivity contribution in [3.8, 4) is 44.5 Å². The largest absolute Gasteiger partial charge is 0.376 e. The van der Waals surface area contributed by atoms with Crippen LogP contribution in [0.15, 0.2) is 164 Å². The Balaban J connectivity index is 1.18. The maximum Gasteiger partial charge on any atom is 0.333 e. The van der Waals surface area contributed by atoms with Gasteiger partial charge in [-0.15, -0.1) is 0 Å². The van der Waals surface area contributed by atoms with Gasteiger partial charge in [0.15, 0.2) is 0 Å². The predicted molar refractivity (Wildman–Crippen MR) is 299 cm³/mol. The van der Waals surface area contributed by atoms with E-state index in [1.165, 1.54) is 130 Å². The quantitative estimate of drug-likeness (QED) is 0.162. The van der Waals surface area contributed by atoms with Crippen LogP contribution >= 0.6 is 0 Å². The van der Waals surface area contributed by atoms with Gasteiger partial charge < -0.3 is 9.71 Å². The number of rotatable bonds is 4. The molecule has 8 aromatic rings. The highest BCUT2D eigenvalue weighted by Crippen LogP contribution is 2.59. The lowest BCUT2D eigenvalue weighted by Gasteiger charge is -2.49. The monoisotopic (exact) mass is 909 g/mol. The second kappa shape index (κ2) is 14.7. The average Bonchev–Trinajstić information content (AvgIpc) is 3.59. The van der Waals surface area contributed by atoms with E-state index in [9.17, 15) is 0 Å². The number of anilines is 5. The fourth-order valence-electron chi connectivity index (χ4n) is 13.9. The third-order valence-electron chi connectivity index (χ3n) is 18.1. The fraction of sp³-hybridized carbons (Fsp3) is 0.284. The minimum absolute atomic E-state index is 0.0239. The van der Waals surface area contributed by atoms with E-state index in [4.69, 9.17) is 0 Å². The summed E-state index contributed by atoms with van der Waals surface area (Å²) in [5.41, 5.74) is 28.2. The molecule has 2 aliphatic heterocycles. The molecule has 2 heterocycles. The van der Waals surface area contributed by atoms with Crippen molar-refractivity contribution in [2.24, 2.45) is 0 Å². The molecule has 0 bridgehead atoms. The maximum atomic E-state index is 2.79. The van der Waals surface area contributed by atoms with Crippen LogP contribution < -0.4 is 20.6 Å². The first-order valence-electron chi connectivity index (χ1n) is 26.0. The van der Waals surface area contributed by atoms with Crippen molar-refractivity contribution in [3.63, 3.8) is 0 Å². The van der Waals surface area contributed by atoms with E-state index in [1.807, 2.05) is 0 Å². The summed E-state index contributed by atoms with van der Waals surface area (Å²) >= 11 is 0. The van der Waals surface area contributed by atoms with E-state index in [1.54, 1.807) is 0 Å². The number of nitrogens with zero attached hydrogens (tertiary/aromatic N) is 2. The SMILES string of the molecule is CC1(C)CCC(C)(C)c2cc(N3B4c5cc6c(cc5N(c5ccc(-c7ccccc7)cc5)c5cc7c(c(c54)-c4cc(-c5ccccc5)ccc43)C(C)(C)c3ccccc3-7)C(C)(C)CCC6(C)C)ccc21. The van der Waals surface area contributed by atoms with Crippen LogP contribution in [0.2, 0.25) is 0 Å². The second-order valence-electron chi connectivity index (χ2n) is 24.6. The minimum Gasteiger partial charge on any atom is -0.376 e. The van der Waals surface area contributed by atoms with Crippen LogP contribution in [0.5, 0.6) is 0 Å². The second-order valence-corrected chi connectivity index (χ2v) is 24.6. The van der Waals surface area contributed by atoms with E-state index in [2.05, 4.69) is 243 Å². The standard InChI is InChI=1S/C67H65BN2/c1-63(2)33-34-64(3,4)53-38-47(30-31-52(53)63)70-57-32-27-45(43-21-15-12-16-22-43)37-50(57)60-61-49(48-23-17-18-24-51(48)67(61,9)10)39-59-62(60)68(70)56-40-54-55(66(7,8)36-35-65(54,5)6)41-58(56)69(59)46-28-25-44(26-29-46)42-19-13-11-14-20-42/h11-32,37-41H,33-36H2,1-10H3. The molecular weight excluding hydrogens is 844 g/mol. The molecular formula is C67H65BN2. The van der Waals surface area contributed by atoms with Gasteiger partial charge in [-0.25, -0.2) is 0 Å². The van der Waals surface area contributed by atoms with E-state index in [0.29, 0.717) is 0 Å². The van der Waals surface area contributed by atoms with Crippen molar-refractivity contribution in [1.82, 2.24) is 0 Å². The normalized spacial score (nSPS) is 18.7. The molecule has 70 heavy (non-hydrogen) atoms. The molecule has 0 N–H and O–H groups in total.